The summed E-state index contributed by atoms with van der Waals surface area (Å²) in [5.74, 6) is 1.42. The van der Waals surface area contributed by atoms with Gasteiger partial charge in [0.15, 0.2) is 5.96 Å². The first kappa shape index (κ1) is 21.4. The van der Waals surface area contributed by atoms with Gasteiger partial charge in [0.1, 0.15) is 5.82 Å². The van der Waals surface area contributed by atoms with Crippen LogP contribution in [0.1, 0.15) is 37.3 Å². The van der Waals surface area contributed by atoms with E-state index in [2.05, 4.69) is 22.5 Å². The fraction of sp³-hybridized carbons (Fsp3) is 0.650. The van der Waals surface area contributed by atoms with Gasteiger partial charge in [-0.05, 0) is 75.3 Å². The van der Waals surface area contributed by atoms with Crippen molar-refractivity contribution in [3.05, 3.63) is 35.1 Å². The van der Waals surface area contributed by atoms with Crippen molar-refractivity contribution >= 4 is 29.9 Å². The standard InChI is InChI=1S/C20H31FN4.HI/c1-3-22-20(23-10-8-17-4-5-18(21)12-15(17)2)24-13-16-9-11-25(14-16)19-6-7-19;/h4-5,12,16,19H,3,6-11,13-14H2,1-2H3,(H2,22,23,24);1H. The first-order valence-corrected chi connectivity index (χ1v) is 9.67. The lowest BCUT2D eigenvalue weighted by molar-refractivity contribution is 0.315. The van der Waals surface area contributed by atoms with Crippen LogP contribution in [0, 0.1) is 18.7 Å². The van der Waals surface area contributed by atoms with E-state index in [4.69, 9.17) is 4.99 Å². The minimum atomic E-state index is -0.166. The van der Waals surface area contributed by atoms with Crippen molar-refractivity contribution in [3.8, 4) is 0 Å². The number of guanidine groups is 1. The summed E-state index contributed by atoms with van der Waals surface area (Å²) in [6, 6.07) is 5.88. The quantitative estimate of drug-likeness (QED) is 0.362. The number of likely N-dealkylation sites (tertiary alicyclic amines) is 1. The lowest BCUT2D eigenvalue weighted by atomic mass is 10.1. The number of nitrogens with one attached hydrogen (secondary N) is 2. The van der Waals surface area contributed by atoms with Gasteiger partial charge >= 0.3 is 0 Å². The van der Waals surface area contributed by atoms with Gasteiger partial charge in [0.2, 0.25) is 0 Å². The van der Waals surface area contributed by atoms with Crippen LogP contribution in [-0.4, -0.2) is 49.6 Å². The monoisotopic (exact) mass is 474 g/mol. The molecule has 2 aliphatic rings. The highest BCUT2D eigenvalue weighted by molar-refractivity contribution is 14.0. The second-order valence-electron chi connectivity index (χ2n) is 7.35. The first-order valence-electron chi connectivity index (χ1n) is 9.67. The SMILES string of the molecule is CCNC(=NCC1CCN(C2CC2)C1)NCCc1ccc(F)cc1C.I. The van der Waals surface area contributed by atoms with Crippen molar-refractivity contribution in [2.75, 3.05) is 32.7 Å². The van der Waals surface area contributed by atoms with E-state index in [0.29, 0.717) is 5.92 Å². The summed E-state index contributed by atoms with van der Waals surface area (Å²) in [4.78, 5) is 7.42. The van der Waals surface area contributed by atoms with Crippen LogP contribution >= 0.6 is 24.0 Å². The Morgan fingerprint density at radius 2 is 2.08 bits per heavy atom. The smallest absolute Gasteiger partial charge is 0.191 e. The minimum Gasteiger partial charge on any atom is -0.357 e. The Hall–Kier alpha value is -0.890. The van der Waals surface area contributed by atoms with Crippen LogP contribution in [0.15, 0.2) is 23.2 Å². The van der Waals surface area contributed by atoms with Gasteiger partial charge in [0.05, 0.1) is 0 Å². The van der Waals surface area contributed by atoms with Gasteiger partial charge in [-0.1, -0.05) is 6.07 Å². The molecule has 1 saturated carbocycles. The fourth-order valence-corrected chi connectivity index (χ4v) is 3.60. The molecule has 146 valence electrons. The summed E-state index contributed by atoms with van der Waals surface area (Å²) in [5, 5.41) is 6.74. The number of halogens is 2. The van der Waals surface area contributed by atoms with Crippen molar-refractivity contribution in [2.45, 2.75) is 45.6 Å². The van der Waals surface area contributed by atoms with E-state index < -0.39 is 0 Å². The first-order chi connectivity index (χ1) is 12.2. The Labute approximate surface area is 174 Å². The van der Waals surface area contributed by atoms with Crippen LogP contribution < -0.4 is 10.6 Å². The summed E-state index contributed by atoms with van der Waals surface area (Å²) in [6.07, 6.45) is 4.93. The summed E-state index contributed by atoms with van der Waals surface area (Å²) in [5.41, 5.74) is 2.19. The van der Waals surface area contributed by atoms with Crippen LogP contribution in [0.25, 0.3) is 0 Å². The molecule has 26 heavy (non-hydrogen) atoms. The number of aryl methyl sites for hydroxylation is 1. The molecule has 1 saturated heterocycles. The largest absolute Gasteiger partial charge is 0.357 e. The summed E-state index contributed by atoms with van der Waals surface area (Å²) in [7, 11) is 0. The van der Waals surface area contributed by atoms with Gasteiger partial charge in [-0.3, -0.25) is 4.99 Å². The Morgan fingerprint density at radius 1 is 1.27 bits per heavy atom. The molecule has 1 aliphatic heterocycles. The lowest BCUT2D eigenvalue weighted by Gasteiger charge is -2.15. The molecule has 2 N–H and O–H groups in total. The Kier molecular flexibility index (Phi) is 8.60. The van der Waals surface area contributed by atoms with E-state index in [9.17, 15) is 4.39 Å². The molecule has 1 aromatic rings. The highest BCUT2D eigenvalue weighted by atomic mass is 127. The van der Waals surface area contributed by atoms with Gasteiger partial charge in [0, 0.05) is 32.2 Å². The second kappa shape index (κ2) is 10.4. The molecule has 4 nitrogen and oxygen atoms in total. The van der Waals surface area contributed by atoms with Crippen LogP contribution in [0.2, 0.25) is 0 Å². The Bertz CT molecular complexity index is 603. The van der Waals surface area contributed by atoms with Crippen molar-refractivity contribution in [1.82, 2.24) is 15.5 Å². The van der Waals surface area contributed by atoms with Gasteiger partial charge < -0.3 is 15.5 Å². The number of hydrogen-bond acceptors (Lipinski definition) is 2. The maximum atomic E-state index is 13.2. The zero-order chi connectivity index (χ0) is 17.6. The highest BCUT2D eigenvalue weighted by Gasteiger charge is 2.34. The van der Waals surface area contributed by atoms with Gasteiger partial charge in [0.25, 0.3) is 0 Å². The normalized spacial score (nSPS) is 20.7. The average Bonchev–Trinajstić information content (AvgIpc) is 3.33. The maximum absolute atomic E-state index is 13.2. The molecule has 1 atom stereocenters. The van der Waals surface area contributed by atoms with Gasteiger partial charge in [-0.15, -0.1) is 24.0 Å². The number of aliphatic imine (C=N–C) groups is 1. The lowest BCUT2D eigenvalue weighted by Crippen LogP contribution is -2.38. The summed E-state index contributed by atoms with van der Waals surface area (Å²) in [6.45, 7) is 9.07. The molecule has 1 aromatic carbocycles. The molecule has 0 aromatic heterocycles. The number of hydrogen-bond donors (Lipinski definition) is 2. The topological polar surface area (TPSA) is 39.7 Å². The Balaban J connectivity index is 0.00000243. The van der Waals surface area contributed by atoms with Crippen molar-refractivity contribution in [3.63, 3.8) is 0 Å². The average molecular weight is 474 g/mol. The van der Waals surface area contributed by atoms with Crippen molar-refractivity contribution < 1.29 is 4.39 Å². The fourth-order valence-electron chi connectivity index (χ4n) is 3.60. The zero-order valence-corrected chi connectivity index (χ0v) is 18.3. The Morgan fingerprint density at radius 3 is 2.77 bits per heavy atom. The molecule has 3 rings (SSSR count). The summed E-state index contributed by atoms with van der Waals surface area (Å²) >= 11 is 0. The third kappa shape index (κ3) is 6.37. The van der Waals surface area contributed by atoms with E-state index >= 15 is 0 Å². The van der Waals surface area contributed by atoms with E-state index in [1.165, 1.54) is 44.0 Å². The predicted molar refractivity (Wildman–Crippen MR) is 117 cm³/mol. The highest BCUT2D eigenvalue weighted by Crippen LogP contribution is 2.31. The molecule has 2 fully saturated rings. The van der Waals surface area contributed by atoms with E-state index in [1.54, 1.807) is 6.07 Å². The molecule has 0 bridgehead atoms. The maximum Gasteiger partial charge on any atom is 0.191 e. The second-order valence-corrected chi connectivity index (χ2v) is 7.35. The predicted octanol–water partition coefficient (Wildman–Crippen LogP) is 3.33. The number of nitrogens with zero attached hydrogens (tertiary/aromatic N) is 2. The van der Waals surface area contributed by atoms with Gasteiger partial charge in [-0.25, -0.2) is 4.39 Å². The van der Waals surface area contributed by atoms with Crippen LogP contribution in [0.5, 0.6) is 0 Å². The molecule has 0 amide bonds. The van der Waals surface area contributed by atoms with Crippen LogP contribution in [0.3, 0.4) is 0 Å². The van der Waals surface area contributed by atoms with Crippen molar-refractivity contribution in [1.29, 1.82) is 0 Å². The molecule has 0 spiro atoms. The zero-order valence-electron chi connectivity index (χ0n) is 15.9. The van der Waals surface area contributed by atoms with E-state index in [1.807, 2.05) is 13.0 Å². The molecule has 0 radical (unpaired) electrons. The minimum absolute atomic E-state index is 0. The van der Waals surface area contributed by atoms with Gasteiger partial charge in [-0.2, -0.15) is 0 Å². The number of rotatable bonds is 7. The van der Waals surface area contributed by atoms with Crippen LogP contribution in [0.4, 0.5) is 4.39 Å². The number of benzene rings is 1. The molecular formula is C20H32FIN4. The summed E-state index contributed by atoms with van der Waals surface area (Å²) < 4.78 is 13.2. The van der Waals surface area contributed by atoms with Crippen LogP contribution in [-0.2, 0) is 6.42 Å². The van der Waals surface area contributed by atoms with E-state index in [-0.39, 0.29) is 29.8 Å². The van der Waals surface area contributed by atoms with Crippen molar-refractivity contribution in [2.24, 2.45) is 10.9 Å². The molecule has 1 heterocycles. The molecule has 6 heteroatoms. The third-order valence-electron chi connectivity index (χ3n) is 5.22. The van der Waals surface area contributed by atoms with E-state index in [0.717, 1.165) is 43.6 Å². The molecule has 1 aliphatic carbocycles. The molecular weight excluding hydrogens is 442 g/mol. The third-order valence-corrected chi connectivity index (χ3v) is 5.22. The molecule has 1 unspecified atom stereocenters.